The average molecular weight is 237 g/mol. The van der Waals surface area contributed by atoms with Crippen LogP contribution in [0.25, 0.3) is 0 Å². The van der Waals surface area contributed by atoms with E-state index in [-0.39, 0.29) is 6.04 Å². The highest BCUT2D eigenvalue weighted by Gasteiger charge is 2.20. The predicted molar refractivity (Wildman–Crippen MR) is 54.1 cm³/mol. The largest absolute Gasteiger partial charge is 0.324 e. The van der Waals surface area contributed by atoms with Gasteiger partial charge in [-0.05, 0) is 52.0 Å². The number of rotatable bonds is 0. The zero-order valence-electron chi connectivity index (χ0n) is 7.05. The molecule has 0 saturated carbocycles. The SMILES string of the molecule is N#Cc1cc2c(cc1Br)CC[C@@H]2N. The van der Waals surface area contributed by atoms with Crippen LogP contribution in [-0.2, 0) is 6.42 Å². The zero-order chi connectivity index (χ0) is 9.42. The number of nitrogens with two attached hydrogens (primary N) is 1. The van der Waals surface area contributed by atoms with Gasteiger partial charge in [0.2, 0.25) is 0 Å². The Labute approximate surface area is 85.5 Å². The fraction of sp³-hybridized carbons (Fsp3) is 0.300. The Bertz CT molecular complexity index is 393. The van der Waals surface area contributed by atoms with E-state index in [4.69, 9.17) is 11.0 Å². The van der Waals surface area contributed by atoms with E-state index in [0.29, 0.717) is 5.56 Å². The van der Waals surface area contributed by atoms with E-state index in [1.54, 1.807) is 0 Å². The van der Waals surface area contributed by atoms with E-state index in [1.165, 1.54) is 5.56 Å². The molecular formula is C10H9BrN2. The van der Waals surface area contributed by atoms with E-state index >= 15 is 0 Å². The monoisotopic (exact) mass is 236 g/mol. The first kappa shape index (κ1) is 8.74. The summed E-state index contributed by atoms with van der Waals surface area (Å²) in [6, 6.07) is 6.18. The van der Waals surface area contributed by atoms with Gasteiger partial charge in [-0.25, -0.2) is 0 Å². The fourth-order valence-electron chi connectivity index (χ4n) is 1.75. The summed E-state index contributed by atoms with van der Waals surface area (Å²) >= 11 is 3.37. The number of hydrogen-bond donors (Lipinski definition) is 1. The summed E-state index contributed by atoms with van der Waals surface area (Å²) in [6.45, 7) is 0. The molecule has 2 nitrogen and oxygen atoms in total. The molecule has 0 aromatic heterocycles. The molecule has 0 heterocycles. The Morgan fingerprint density at radius 1 is 1.54 bits per heavy atom. The third-order valence-electron chi connectivity index (χ3n) is 2.47. The Balaban J connectivity index is 2.59. The summed E-state index contributed by atoms with van der Waals surface area (Å²) in [7, 11) is 0. The molecule has 1 aliphatic carbocycles. The average Bonchev–Trinajstić information content (AvgIpc) is 2.46. The predicted octanol–water partition coefficient (Wildman–Crippen LogP) is 2.27. The molecule has 1 aromatic rings. The molecule has 2 rings (SSSR count). The molecule has 0 unspecified atom stereocenters. The van der Waals surface area contributed by atoms with Gasteiger partial charge < -0.3 is 5.73 Å². The topological polar surface area (TPSA) is 49.8 Å². The summed E-state index contributed by atoms with van der Waals surface area (Å²) in [5, 5.41) is 8.82. The lowest BCUT2D eigenvalue weighted by molar-refractivity contribution is 0.713. The molecule has 0 aliphatic heterocycles. The van der Waals surface area contributed by atoms with Gasteiger partial charge >= 0.3 is 0 Å². The van der Waals surface area contributed by atoms with Crippen LogP contribution in [0, 0.1) is 11.3 Å². The molecule has 1 atom stereocenters. The second-order valence-corrected chi connectivity index (χ2v) is 4.14. The van der Waals surface area contributed by atoms with Crippen molar-refractivity contribution in [1.29, 1.82) is 5.26 Å². The maximum atomic E-state index is 8.82. The molecule has 0 fully saturated rings. The Morgan fingerprint density at radius 2 is 2.31 bits per heavy atom. The normalized spacial score (nSPS) is 19.6. The van der Waals surface area contributed by atoms with Crippen molar-refractivity contribution < 1.29 is 0 Å². The lowest BCUT2D eigenvalue weighted by atomic mass is 10.1. The van der Waals surface area contributed by atoms with Crippen LogP contribution in [0.15, 0.2) is 16.6 Å². The lowest BCUT2D eigenvalue weighted by Gasteiger charge is -2.05. The van der Waals surface area contributed by atoms with Crippen LogP contribution in [0.1, 0.15) is 29.2 Å². The van der Waals surface area contributed by atoms with Crippen LogP contribution in [-0.4, -0.2) is 0 Å². The molecule has 0 amide bonds. The lowest BCUT2D eigenvalue weighted by Crippen LogP contribution is -2.05. The van der Waals surface area contributed by atoms with Gasteiger partial charge in [0.15, 0.2) is 0 Å². The van der Waals surface area contributed by atoms with Gasteiger partial charge in [0.1, 0.15) is 6.07 Å². The van der Waals surface area contributed by atoms with Gasteiger partial charge in [0, 0.05) is 10.5 Å². The summed E-state index contributed by atoms with van der Waals surface area (Å²) in [5.74, 6) is 0. The summed E-state index contributed by atoms with van der Waals surface area (Å²) in [6.07, 6.45) is 2.03. The molecule has 1 aliphatic rings. The standard InChI is InChI=1S/C10H9BrN2/c11-9-4-6-1-2-10(13)8(6)3-7(9)5-12/h3-4,10H,1-2,13H2/t10-/m0/s1. The Hall–Kier alpha value is -0.850. The quantitative estimate of drug-likeness (QED) is 0.752. The second kappa shape index (κ2) is 3.13. The maximum Gasteiger partial charge on any atom is 0.100 e. The first-order valence-electron chi connectivity index (χ1n) is 4.20. The highest BCUT2D eigenvalue weighted by molar-refractivity contribution is 9.10. The Kier molecular flexibility index (Phi) is 2.10. The first-order valence-corrected chi connectivity index (χ1v) is 4.99. The van der Waals surface area contributed by atoms with Crippen LogP contribution in [0.2, 0.25) is 0 Å². The van der Waals surface area contributed by atoms with Crippen molar-refractivity contribution in [1.82, 2.24) is 0 Å². The number of nitriles is 1. The minimum atomic E-state index is 0.121. The molecule has 0 saturated heterocycles. The van der Waals surface area contributed by atoms with E-state index in [9.17, 15) is 0 Å². The van der Waals surface area contributed by atoms with Crippen LogP contribution in [0.4, 0.5) is 0 Å². The summed E-state index contributed by atoms with van der Waals surface area (Å²) in [5.41, 5.74) is 8.99. The third-order valence-corrected chi connectivity index (χ3v) is 3.13. The van der Waals surface area contributed by atoms with Crippen molar-refractivity contribution in [3.05, 3.63) is 33.3 Å². The molecule has 0 radical (unpaired) electrons. The van der Waals surface area contributed by atoms with Gasteiger partial charge in [-0.15, -0.1) is 0 Å². The van der Waals surface area contributed by atoms with Crippen molar-refractivity contribution in [3.63, 3.8) is 0 Å². The molecule has 2 N–H and O–H groups in total. The number of aryl methyl sites for hydroxylation is 1. The van der Waals surface area contributed by atoms with Crippen molar-refractivity contribution in [2.45, 2.75) is 18.9 Å². The first-order chi connectivity index (χ1) is 6.22. The van der Waals surface area contributed by atoms with Crippen LogP contribution in [0.5, 0.6) is 0 Å². The zero-order valence-corrected chi connectivity index (χ0v) is 8.63. The van der Waals surface area contributed by atoms with Gasteiger partial charge in [0.05, 0.1) is 5.56 Å². The van der Waals surface area contributed by atoms with Crippen LogP contribution < -0.4 is 5.73 Å². The van der Waals surface area contributed by atoms with E-state index < -0.39 is 0 Å². The number of benzene rings is 1. The maximum absolute atomic E-state index is 8.82. The van der Waals surface area contributed by atoms with Crippen molar-refractivity contribution in [3.8, 4) is 6.07 Å². The third kappa shape index (κ3) is 1.37. The fourth-order valence-corrected chi connectivity index (χ4v) is 2.22. The van der Waals surface area contributed by atoms with Crippen molar-refractivity contribution in [2.75, 3.05) is 0 Å². The van der Waals surface area contributed by atoms with Gasteiger partial charge in [-0.3, -0.25) is 0 Å². The summed E-state index contributed by atoms with van der Waals surface area (Å²) in [4.78, 5) is 0. The van der Waals surface area contributed by atoms with Gasteiger partial charge in [0.25, 0.3) is 0 Å². The molecule has 3 heteroatoms. The minimum absolute atomic E-state index is 0.121. The smallest absolute Gasteiger partial charge is 0.100 e. The number of fused-ring (bicyclic) bond motifs is 1. The highest BCUT2D eigenvalue weighted by atomic mass is 79.9. The van der Waals surface area contributed by atoms with Crippen molar-refractivity contribution >= 4 is 15.9 Å². The molecule has 0 spiro atoms. The van der Waals surface area contributed by atoms with Crippen LogP contribution >= 0.6 is 15.9 Å². The number of halogens is 1. The van der Waals surface area contributed by atoms with Crippen LogP contribution in [0.3, 0.4) is 0 Å². The molecule has 0 bridgehead atoms. The molecule has 13 heavy (non-hydrogen) atoms. The van der Waals surface area contributed by atoms with E-state index in [1.807, 2.05) is 12.1 Å². The number of hydrogen-bond acceptors (Lipinski definition) is 2. The highest BCUT2D eigenvalue weighted by Crippen LogP contribution is 2.33. The number of nitrogens with zero attached hydrogens (tertiary/aromatic N) is 1. The van der Waals surface area contributed by atoms with E-state index in [2.05, 4.69) is 22.0 Å². The molecule has 66 valence electrons. The molecular weight excluding hydrogens is 228 g/mol. The minimum Gasteiger partial charge on any atom is -0.324 e. The van der Waals surface area contributed by atoms with Gasteiger partial charge in [-0.1, -0.05) is 0 Å². The van der Waals surface area contributed by atoms with Gasteiger partial charge in [-0.2, -0.15) is 5.26 Å². The van der Waals surface area contributed by atoms with Crippen molar-refractivity contribution in [2.24, 2.45) is 5.73 Å². The van der Waals surface area contributed by atoms with E-state index in [0.717, 1.165) is 22.9 Å². The Morgan fingerprint density at radius 3 is 3.00 bits per heavy atom. The second-order valence-electron chi connectivity index (χ2n) is 3.29. The molecule has 1 aromatic carbocycles. The summed E-state index contributed by atoms with van der Waals surface area (Å²) < 4.78 is 0.878.